The maximum atomic E-state index is 12.9. The van der Waals surface area contributed by atoms with E-state index in [9.17, 15) is 18.7 Å². The van der Waals surface area contributed by atoms with Crippen LogP contribution in [-0.2, 0) is 0 Å². The molecule has 0 saturated heterocycles. The van der Waals surface area contributed by atoms with E-state index in [0.29, 0.717) is 34.1 Å². The third kappa shape index (κ3) is 4.90. The zero-order valence-electron chi connectivity index (χ0n) is 18.7. The molecule has 0 aliphatic carbocycles. The van der Waals surface area contributed by atoms with Crippen LogP contribution >= 0.6 is 11.0 Å². The van der Waals surface area contributed by atoms with Crippen molar-refractivity contribution in [2.24, 2.45) is 10.1 Å². The number of ether oxygens (including phenoxy) is 1. The van der Waals surface area contributed by atoms with Crippen LogP contribution in [0.3, 0.4) is 0 Å². The number of H-pyrrole nitrogens is 1. The van der Waals surface area contributed by atoms with Gasteiger partial charge in [0.15, 0.2) is 11.7 Å². The molecular weight excluding hydrogens is 462 g/mol. The monoisotopic (exact) mass is 487 g/mol. The molecule has 0 unspecified atom stereocenters. The molecule has 7 N–H and O–H groups in total. The molecule has 0 bridgehead atoms. The van der Waals surface area contributed by atoms with E-state index in [-0.39, 0.29) is 23.9 Å². The average molecular weight is 488 g/mol. The molecule has 4 rings (SSSR count). The molecule has 3 heterocycles. The number of rotatable bonds is 6. The first-order valence-electron chi connectivity index (χ1n) is 10.2. The first-order valence-corrected chi connectivity index (χ1v) is 11.7. The lowest BCUT2D eigenvalue weighted by Crippen LogP contribution is -2.48. The lowest BCUT2D eigenvalue weighted by molar-refractivity contribution is 0.0880. The van der Waals surface area contributed by atoms with Gasteiger partial charge in [-0.15, -0.1) is 4.40 Å². The van der Waals surface area contributed by atoms with Crippen molar-refractivity contribution in [2.45, 2.75) is 26.3 Å². The Bertz CT molecular complexity index is 1350. The predicted molar refractivity (Wildman–Crippen MR) is 130 cm³/mol. The topological polar surface area (TPSA) is 180 Å². The highest BCUT2D eigenvalue weighted by molar-refractivity contribution is 8.24. The van der Waals surface area contributed by atoms with Gasteiger partial charge in [-0.05, 0) is 56.0 Å². The van der Waals surface area contributed by atoms with Crippen LogP contribution in [0.25, 0.3) is 5.82 Å². The smallest absolute Gasteiger partial charge is 0.272 e. The Kier molecular flexibility index (Phi) is 5.85. The number of aromatic nitrogens is 3. The van der Waals surface area contributed by atoms with Crippen molar-refractivity contribution in [3.05, 3.63) is 69.8 Å². The lowest BCUT2D eigenvalue weighted by Gasteiger charge is -2.34. The first kappa shape index (κ1) is 23.4. The molecule has 12 nitrogen and oxygen atoms in total. The molecule has 1 amide bonds. The minimum absolute atomic E-state index is 0.0645. The second kappa shape index (κ2) is 8.52. The summed E-state index contributed by atoms with van der Waals surface area (Å²) >= 11 is 0. The average Bonchev–Trinajstić information content (AvgIpc) is 3.09. The fourth-order valence-corrected chi connectivity index (χ4v) is 4.27. The number of benzene rings is 1. The molecule has 0 atom stereocenters. The van der Waals surface area contributed by atoms with E-state index in [1.54, 1.807) is 45.0 Å². The molecule has 0 fully saturated rings. The fraction of sp³-hybridized carbons (Fsp3) is 0.238. The zero-order valence-corrected chi connectivity index (χ0v) is 19.5. The summed E-state index contributed by atoms with van der Waals surface area (Å²) in [6.45, 7) is 5.40. The molecule has 0 radical (unpaired) electrons. The Morgan fingerprint density at radius 3 is 2.76 bits per heavy atom. The normalized spacial score (nSPS) is 15.5. The zero-order chi connectivity index (χ0) is 24.7. The van der Waals surface area contributed by atoms with Crippen molar-refractivity contribution in [2.75, 3.05) is 11.3 Å². The molecule has 180 valence electrons. The Hall–Kier alpha value is -3.81. The van der Waals surface area contributed by atoms with E-state index in [0.717, 1.165) is 0 Å². The van der Waals surface area contributed by atoms with Gasteiger partial charge in [0.05, 0.1) is 16.8 Å². The molecule has 0 spiro atoms. The Morgan fingerprint density at radius 1 is 1.29 bits per heavy atom. The number of nitrogens with one attached hydrogen (secondary N) is 3. The number of anilines is 1. The summed E-state index contributed by atoms with van der Waals surface area (Å²) < 4.78 is 33.0. The Labute approximate surface area is 196 Å². The molecule has 1 aliphatic heterocycles. The predicted octanol–water partition coefficient (Wildman–Crippen LogP) is 2.17. The van der Waals surface area contributed by atoms with Crippen LogP contribution in [-0.4, -0.2) is 47.8 Å². The molecule has 34 heavy (non-hydrogen) atoms. The number of aromatic amines is 1. The minimum Gasteiger partial charge on any atom is -0.490 e. The number of nitrogens with zero attached hydrogens (tertiary/aromatic N) is 3. The summed E-state index contributed by atoms with van der Waals surface area (Å²) in [4.78, 5) is 29.1. The highest BCUT2D eigenvalue weighted by Gasteiger charge is 2.27. The molecule has 3 aromatic rings. The second-order valence-electron chi connectivity index (χ2n) is 8.42. The van der Waals surface area contributed by atoms with E-state index in [1.165, 1.54) is 23.0 Å². The highest BCUT2D eigenvalue weighted by Crippen LogP contribution is 2.46. The van der Waals surface area contributed by atoms with E-state index < -0.39 is 16.5 Å². The number of hydrogen-bond acceptors (Lipinski definition) is 9. The van der Waals surface area contributed by atoms with Crippen LogP contribution < -0.4 is 26.1 Å². The van der Waals surface area contributed by atoms with Gasteiger partial charge in [0.2, 0.25) is 0 Å². The van der Waals surface area contributed by atoms with E-state index in [1.807, 2.05) is 0 Å². The van der Waals surface area contributed by atoms with E-state index in [4.69, 9.17) is 10.5 Å². The molecule has 13 heteroatoms. The van der Waals surface area contributed by atoms with Gasteiger partial charge in [0.1, 0.15) is 12.4 Å². The molecule has 2 aromatic heterocycles. The maximum absolute atomic E-state index is 12.9. The van der Waals surface area contributed by atoms with Crippen molar-refractivity contribution in [3.63, 3.8) is 0 Å². The first-order chi connectivity index (χ1) is 15.9. The summed E-state index contributed by atoms with van der Waals surface area (Å²) in [5, 5.41) is 5.79. The molecule has 1 aliphatic rings. The quantitative estimate of drug-likeness (QED) is 0.306. The van der Waals surface area contributed by atoms with Gasteiger partial charge in [-0.3, -0.25) is 28.5 Å². The number of carbonyl (C=O) groups is 1. The van der Waals surface area contributed by atoms with Gasteiger partial charge in [0.25, 0.3) is 11.5 Å². The summed E-state index contributed by atoms with van der Waals surface area (Å²) in [6, 6.07) is 9.46. The number of carbonyl (C=O) groups excluding carboxylic acids is 1. The molecule has 1 aromatic carbocycles. The number of amides is 1. The number of hydrogen-bond donors (Lipinski definition) is 6. The highest BCUT2D eigenvalue weighted by atomic mass is 32.3. The van der Waals surface area contributed by atoms with Crippen LogP contribution in [0.2, 0.25) is 0 Å². The maximum Gasteiger partial charge on any atom is 0.272 e. The summed E-state index contributed by atoms with van der Waals surface area (Å²) in [6.07, 6.45) is 1.45. The Morgan fingerprint density at radius 2 is 2.06 bits per heavy atom. The van der Waals surface area contributed by atoms with Gasteiger partial charge < -0.3 is 15.8 Å². The number of fused-ring (bicyclic) bond motifs is 1. The van der Waals surface area contributed by atoms with E-state index >= 15 is 0 Å². The van der Waals surface area contributed by atoms with Crippen molar-refractivity contribution in [3.8, 4) is 11.6 Å². The van der Waals surface area contributed by atoms with Crippen molar-refractivity contribution >= 4 is 28.4 Å². The van der Waals surface area contributed by atoms with Crippen LogP contribution in [0, 0.1) is 6.92 Å². The number of pyridine rings is 1. The van der Waals surface area contributed by atoms with Crippen LogP contribution in [0.4, 0.5) is 5.69 Å². The summed E-state index contributed by atoms with van der Waals surface area (Å²) in [5.41, 5.74) is 6.62. The van der Waals surface area contributed by atoms with Crippen molar-refractivity contribution in [1.29, 1.82) is 0 Å². The molecular formula is C21H25N7O5S. The van der Waals surface area contributed by atoms with Gasteiger partial charge in [-0.2, -0.15) is 0 Å². The third-order valence-electron chi connectivity index (χ3n) is 4.88. The minimum atomic E-state index is -3.41. The van der Waals surface area contributed by atoms with Gasteiger partial charge in [0, 0.05) is 23.5 Å². The Balaban J connectivity index is 1.48. The van der Waals surface area contributed by atoms with Crippen LogP contribution in [0.1, 0.15) is 35.5 Å². The van der Waals surface area contributed by atoms with Crippen LogP contribution in [0.15, 0.2) is 51.8 Å². The van der Waals surface area contributed by atoms with Gasteiger partial charge in [-0.1, -0.05) is 6.07 Å². The van der Waals surface area contributed by atoms with Crippen LogP contribution in [0.5, 0.6) is 5.75 Å². The van der Waals surface area contributed by atoms with Gasteiger partial charge in [-0.25, -0.2) is 9.67 Å². The molecule has 0 saturated carbocycles. The summed E-state index contributed by atoms with van der Waals surface area (Å²) in [5.74, 6) is 0.228. The third-order valence-corrected chi connectivity index (χ3v) is 5.83. The second-order valence-corrected chi connectivity index (χ2v) is 9.84. The largest absolute Gasteiger partial charge is 0.490 e. The lowest BCUT2D eigenvalue weighted by atomic mass is 10.1. The SMILES string of the molecule is Cc1cc(=O)n(-c2cc(C(=O)NC(C)(C)COc3cccc4c3C(N)=NS(O)(O)N4)ccn2)[nH]1. The fourth-order valence-electron chi connectivity index (χ4n) is 3.39. The van der Waals surface area contributed by atoms with Crippen molar-refractivity contribution < 1.29 is 18.6 Å². The van der Waals surface area contributed by atoms with E-state index in [2.05, 4.69) is 24.5 Å². The summed E-state index contributed by atoms with van der Waals surface area (Å²) in [7, 11) is -3.41. The number of amidine groups is 1. The number of nitrogens with two attached hydrogens (primary N) is 1. The standard InChI is InChI=1S/C21H25N7O5S/c1-12-9-17(29)28(25-12)16-10-13(7-8-23-16)20(30)24-21(2,3)11-33-15-6-4-5-14-18(15)19(22)27-34(31,32)26-14/h4-10,25-26,31-32H,11H2,1-3H3,(H2,22,27)(H,24,30). The van der Waals surface area contributed by atoms with Crippen molar-refractivity contribution in [1.82, 2.24) is 20.1 Å². The van der Waals surface area contributed by atoms with Gasteiger partial charge >= 0.3 is 0 Å². The number of aryl methyl sites for hydroxylation is 1.